The number of likely N-dealkylation sites (N-methyl/N-ethyl adjacent to an activating group) is 1. The molecule has 0 N–H and O–H groups in total. The van der Waals surface area contributed by atoms with Gasteiger partial charge in [-0.05, 0) is 50.0 Å². The lowest BCUT2D eigenvalue weighted by molar-refractivity contribution is 0.0722. The number of hydrogen-bond acceptors (Lipinski definition) is 3. The van der Waals surface area contributed by atoms with E-state index in [9.17, 15) is 9.18 Å². The minimum Gasteiger partial charge on any atom is -0.332 e. The Morgan fingerprint density at radius 2 is 1.52 bits per heavy atom. The van der Waals surface area contributed by atoms with Crippen LogP contribution in [0.3, 0.4) is 0 Å². The number of hydrogen-bond donors (Lipinski definition) is 0. The molecule has 0 aliphatic rings. The first-order valence-electron chi connectivity index (χ1n) is 10.9. The van der Waals surface area contributed by atoms with Crippen LogP contribution in [0.2, 0.25) is 0 Å². The maximum Gasteiger partial charge on any atom is 0.272 e. The third-order valence-corrected chi connectivity index (χ3v) is 5.39. The molecule has 0 fully saturated rings. The summed E-state index contributed by atoms with van der Waals surface area (Å²) in [6.07, 6.45) is 0. The van der Waals surface area contributed by atoms with Crippen molar-refractivity contribution < 1.29 is 9.18 Å². The summed E-state index contributed by atoms with van der Waals surface area (Å²) in [4.78, 5) is 17.7. The maximum absolute atomic E-state index is 13.8. The van der Waals surface area contributed by atoms with Crippen LogP contribution >= 0.6 is 0 Å². The van der Waals surface area contributed by atoms with Gasteiger partial charge in [0, 0.05) is 25.2 Å². The summed E-state index contributed by atoms with van der Waals surface area (Å²) in [5, 5.41) is 4.72. The van der Waals surface area contributed by atoms with Gasteiger partial charge < -0.3 is 9.80 Å². The van der Waals surface area contributed by atoms with E-state index in [1.54, 1.807) is 16.8 Å². The number of carbonyl (C=O) groups excluding carboxylic acids is 1. The molecule has 0 aliphatic heterocycles. The fraction of sp³-hybridized carbons (Fsp3) is 0.185. The monoisotopic (exact) mass is 442 g/mol. The van der Waals surface area contributed by atoms with Crippen LogP contribution in [0.5, 0.6) is 0 Å². The Morgan fingerprint density at radius 1 is 0.879 bits per heavy atom. The van der Waals surface area contributed by atoms with E-state index in [1.807, 2.05) is 85.7 Å². The number of aromatic nitrogens is 2. The zero-order chi connectivity index (χ0) is 23.2. The number of benzene rings is 3. The molecular weight excluding hydrogens is 415 g/mol. The normalized spacial score (nSPS) is 11.0. The lowest BCUT2D eigenvalue weighted by Crippen LogP contribution is -2.37. The third-order valence-electron chi connectivity index (χ3n) is 5.39. The lowest BCUT2D eigenvalue weighted by Gasteiger charge is -2.25. The van der Waals surface area contributed by atoms with Crippen molar-refractivity contribution in [1.29, 1.82) is 0 Å². The fourth-order valence-corrected chi connectivity index (χ4v) is 3.60. The lowest BCUT2D eigenvalue weighted by atomic mass is 10.1. The van der Waals surface area contributed by atoms with Crippen molar-refractivity contribution in [2.75, 3.05) is 27.2 Å². The van der Waals surface area contributed by atoms with Crippen LogP contribution in [-0.4, -0.2) is 52.7 Å². The predicted molar refractivity (Wildman–Crippen MR) is 129 cm³/mol. The van der Waals surface area contributed by atoms with Gasteiger partial charge in [-0.25, -0.2) is 9.07 Å². The Kier molecular flexibility index (Phi) is 6.95. The second-order valence-corrected chi connectivity index (χ2v) is 8.18. The van der Waals surface area contributed by atoms with E-state index in [0.29, 0.717) is 30.2 Å². The molecule has 3 aromatic carbocycles. The van der Waals surface area contributed by atoms with Gasteiger partial charge in [-0.15, -0.1) is 0 Å². The quantitative estimate of drug-likeness (QED) is 0.390. The Hall–Kier alpha value is -3.77. The Balaban J connectivity index is 1.75. The van der Waals surface area contributed by atoms with Crippen molar-refractivity contribution in [3.63, 3.8) is 0 Å². The van der Waals surface area contributed by atoms with Gasteiger partial charge >= 0.3 is 0 Å². The zero-order valence-electron chi connectivity index (χ0n) is 18.9. The first-order chi connectivity index (χ1) is 16.0. The zero-order valence-corrected chi connectivity index (χ0v) is 18.9. The van der Waals surface area contributed by atoms with Gasteiger partial charge in [0.1, 0.15) is 11.5 Å². The molecule has 0 spiro atoms. The van der Waals surface area contributed by atoms with Gasteiger partial charge in [0.25, 0.3) is 5.91 Å². The molecule has 0 radical (unpaired) electrons. The van der Waals surface area contributed by atoms with Gasteiger partial charge in [-0.1, -0.05) is 60.7 Å². The molecule has 4 aromatic rings. The molecule has 1 amide bonds. The minimum absolute atomic E-state index is 0.125. The highest BCUT2D eigenvalue weighted by molar-refractivity contribution is 5.94. The number of amides is 1. The summed E-state index contributed by atoms with van der Waals surface area (Å²) in [5.74, 6) is -0.460. The van der Waals surface area contributed by atoms with Crippen LogP contribution in [-0.2, 0) is 6.54 Å². The third kappa shape index (κ3) is 5.54. The number of nitrogens with zero attached hydrogens (tertiary/aromatic N) is 4. The molecule has 6 heteroatoms. The molecule has 5 nitrogen and oxygen atoms in total. The largest absolute Gasteiger partial charge is 0.332 e. The molecule has 1 aromatic heterocycles. The SMILES string of the molecule is CN(C)CCN(Cc1ccccc1)C(=O)c1cc(-c2ccccc2)nn1-c1ccc(F)cc1. The first kappa shape index (κ1) is 22.4. The van der Waals surface area contributed by atoms with Crippen molar-refractivity contribution in [2.24, 2.45) is 0 Å². The first-order valence-corrected chi connectivity index (χ1v) is 10.9. The molecule has 0 bridgehead atoms. The smallest absolute Gasteiger partial charge is 0.272 e. The molecule has 1 heterocycles. The topological polar surface area (TPSA) is 41.4 Å². The molecule has 0 saturated heterocycles. The minimum atomic E-state index is -0.334. The second kappa shape index (κ2) is 10.2. The number of halogens is 1. The van der Waals surface area contributed by atoms with Crippen LogP contribution in [0.1, 0.15) is 16.1 Å². The summed E-state index contributed by atoms with van der Waals surface area (Å²) in [7, 11) is 3.98. The Labute approximate surface area is 193 Å². The standard InChI is InChI=1S/C27H27FN4O/c1-30(2)17-18-31(20-21-9-5-3-6-10-21)27(33)26-19-25(22-11-7-4-8-12-22)29-32(26)24-15-13-23(28)14-16-24/h3-16,19H,17-18,20H2,1-2H3. The van der Waals surface area contributed by atoms with E-state index >= 15 is 0 Å². The average molecular weight is 443 g/mol. The molecule has 168 valence electrons. The van der Waals surface area contributed by atoms with Gasteiger partial charge in [0.15, 0.2) is 0 Å². The molecule has 0 unspecified atom stereocenters. The summed E-state index contributed by atoms with van der Waals surface area (Å²) in [5.41, 5.74) is 3.73. The molecule has 33 heavy (non-hydrogen) atoms. The Morgan fingerprint density at radius 3 is 2.15 bits per heavy atom. The van der Waals surface area contributed by atoms with Crippen molar-refractivity contribution in [1.82, 2.24) is 19.6 Å². The predicted octanol–water partition coefficient (Wildman–Crippen LogP) is 4.88. The highest BCUT2D eigenvalue weighted by Crippen LogP contribution is 2.23. The van der Waals surface area contributed by atoms with Gasteiger partial charge in [0.2, 0.25) is 0 Å². The maximum atomic E-state index is 13.8. The van der Waals surface area contributed by atoms with E-state index < -0.39 is 0 Å². The van der Waals surface area contributed by atoms with E-state index in [-0.39, 0.29) is 11.7 Å². The summed E-state index contributed by atoms with van der Waals surface area (Å²) in [6.45, 7) is 1.79. The van der Waals surface area contributed by atoms with E-state index in [0.717, 1.165) is 17.7 Å². The molecule has 0 aliphatic carbocycles. The number of carbonyl (C=O) groups is 1. The number of rotatable bonds is 8. The van der Waals surface area contributed by atoms with Crippen LogP contribution in [0.4, 0.5) is 4.39 Å². The summed E-state index contributed by atoms with van der Waals surface area (Å²) < 4.78 is 15.2. The van der Waals surface area contributed by atoms with Crippen molar-refractivity contribution in [2.45, 2.75) is 6.54 Å². The summed E-state index contributed by atoms with van der Waals surface area (Å²) in [6, 6.07) is 27.5. The van der Waals surface area contributed by atoms with Gasteiger partial charge in [0.05, 0.1) is 11.4 Å². The van der Waals surface area contributed by atoms with Crippen molar-refractivity contribution in [3.8, 4) is 16.9 Å². The van der Waals surface area contributed by atoms with E-state index in [4.69, 9.17) is 5.10 Å². The van der Waals surface area contributed by atoms with Crippen LogP contribution in [0, 0.1) is 5.82 Å². The van der Waals surface area contributed by atoms with Crippen LogP contribution < -0.4 is 0 Å². The summed E-state index contributed by atoms with van der Waals surface area (Å²) >= 11 is 0. The van der Waals surface area contributed by atoms with Crippen molar-refractivity contribution in [3.05, 3.63) is 108 Å². The molecular formula is C27H27FN4O. The molecule has 0 saturated carbocycles. The van der Waals surface area contributed by atoms with Gasteiger partial charge in [-0.3, -0.25) is 4.79 Å². The average Bonchev–Trinajstić information content (AvgIpc) is 3.28. The highest BCUT2D eigenvalue weighted by Gasteiger charge is 2.23. The second-order valence-electron chi connectivity index (χ2n) is 8.18. The van der Waals surface area contributed by atoms with E-state index in [2.05, 4.69) is 4.90 Å². The molecule has 4 rings (SSSR count). The Bertz CT molecular complexity index is 1190. The highest BCUT2D eigenvalue weighted by atomic mass is 19.1. The van der Waals surface area contributed by atoms with Crippen molar-refractivity contribution >= 4 is 5.91 Å². The molecule has 0 atom stereocenters. The fourth-order valence-electron chi connectivity index (χ4n) is 3.60. The van der Waals surface area contributed by atoms with Crippen LogP contribution in [0.25, 0.3) is 16.9 Å². The van der Waals surface area contributed by atoms with Gasteiger partial charge in [-0.2, -0.15) is 5.10 Å². The van der Waals surface area contributed by atoms with E-state index in [1.165, 1.54) is 12.1 Å². The van der Waals surface area contributed by atoms with Crippen LogP contribution in [0.15, 0.2) is 91.0 Å².